The molecule has 1 aromatic carbocycles. The Bertz CT molecular complexity index is 417. The summed E-state index contributed by atoms with van der Waals surface area (Å²) < 4.78 is 0. The van der Waals surface area contributed by atoms with Crippen LogP contribution in [0.5, 0.6) is 0 Å². The largest absolute Gasteiger partial charge is 0.481 e. The van der Waals surface area contributed by atoms with Crippen LogP contribution in [0.15, 0.2) is 30.3 Å². The van der Waals surface area contributed by atoms with E-state index >= 15 is 0 Å². The molecule has 0 bridgehead atoms. The molecule has 19 heavy (non-hydrogen) atoms. The minimum atomic E-state index is -0.835. The molecule has 0 saturated heterocycles. The van der Waals surface area contributed by atoms with E-state index in [2.05, 4.69) is 0 Å². The van der Waals surface area contributed by atoms with Gasteiger partial charge in [0.1, 0.15) is 0 Å². The van der Waals surface area contributed by atoms with Crippen LogP contribution in [0.25, 0.3) is 0 Å². The summed E-state index contributed by atoms with van der Waals surface area (Å²) in [5.74, 6) is -1.00. The Labute approximate surface area is 112 Å². The number of rotatable bonds is 5. The monoisotopic (exact) mass is 264 g/mol. The highest BCUT2D eigenvalue weighted by molar-refractivity contribution is 5.67. The molecule has 4 unspecified atom stereocenters. The zero-order valence-corrected chi connectivity index (χ0v) is 10.8. The first-order valence-corrected chi connectivity index (χ1v) is 6.70. The number of hydrogen-bond donors (Lipinski definition) is 3. The highest BCUT2D eigenvalue weighted by Crippen LogP contribution is 2.39. The number of carbonyl (C=O) groups is 1. The van der Waals surface area contributed by atoms with Crippen molar-refractivity contribution >= 4 is 5.97 Å². The fourth-order valence-corrected chi connectivity index (χ4v) is 3.02. The fourth-order valence-electron chi connectivity index (χ4n) is 3.02. The number of aliphatic hydroxyl groups is 2. The second kappa shape index (κ2) is 6.17. The maximum Gasteiger partial charge on any atom is 0.303 e. The molecule has 3 N–H and O–H groups in total. The van der Waals surface area contributed by atoms with Crippen LogP contribution in [0.4, 0.5) is 0 Å². The van der Waals surface area contributed by atoms with Crippen LogP contribution in [0.1, 0.15) is 37.4 Å². The van der Waals surface area contributed by atoms with Crippen molar-refractivity contribution < 1.29 is 20.1 Å². The molecule has 1 aliphatic rings. The lowest BCUT2D eigenvalue weighted by Gasteiger charge is -2.24. The molecule has 4 atom stereocenters. The molecule has 0 spiro atoms. The van der Waals surface area contributed by atoms with Crippen molar-refractivity contribution in [3.05, 3.63) is 35.9 Å². The lowest BCUT2D eigenvalue weighted by Crippen LogP contribution is -2.23. The van der Waals surface area contributed by atoms with Crippen LogP contribution < -0.4 is 0 Å². The average Bonchev–Trinajstić information content (AvgIpc) is 2.72. The Balaban J connectivity index is 2.01. The van der Waals surface area contributed by atoms with Gasteiger partial charge in [-0.15, -0.1) is 0 Å². The highest BCUT2D eigenvalue weighted by Gasteiger charge is 2.37. The first kappa shape index (κ1) is 14.0. The van der Waals surface area contributed by atoms with Crippen molar-refractivity contribution in [1.29, 1.82) is 0 Å². The number of hydrogen-bond acceptors (Lipinski definition) is 3. The standard InChI is InChI=1S/C15H20O4/c16-13-7-6-11(8-15(18)19)12(13)9-14(17)10-4-2-1-3-5-10/h1-5,11-14,16-17H,6-9H2,(H,18,19). The quantitative estimate of drug-likeness (QED) is 0.760. The van der Waals surface area contributed by atoms with Crippen molar-refractivity contribution in [3.8, 4) is 0 Å². The number of benzene rings is 1. The maximum atomic E-state index is 10.8. The summed E-state index contributed by atoms with van der Waals surface area (Å²) in [6.07, 6.45) is 0.703. The first-order chi connectivity index (χ1) is 9.08. The molecule has 104 valence electrons. The summed E-state index contributed by atoms with van der Waals surface area (Å²) in [4.78, 5) is 10.8. The van der Waals surface area contributed by atoms with Crippen LogP contribution >= 0.6 is 0 Å². The van der Waals surface area contributed by atoms with Crippen molar-refractivity contribution in [2.75, 3.05) is 0 Å². The average molecular weight is 264 g/mol. The van der Waals surface area contributed by atoms with Crippen molar-refractivity contribution in [2.45, 2.75) is 37.9 Å². The second-order valence-corrected chi connectivity index (χ2v) is 5.33. The summed E-state index contributed by atoms with van der Waals surface area (Å²) in [6.45, 7) is 0. The normalized spacial score (nSPS) is 28.2. The molecular weight excluding hydrogens is 244 g/mol. The van der Waals surface area contributed by atoms with Gasteiger partial charge in [-0.3, -0.25) is 4.79 Å². The van der Waals surface area contributed by atoms with Gasteiger partial charge in [-0.25, -0.2) is 0 Å². The molecule has 1 fully saturated rings. The van der Waals surface area contributed by atoms with Crippen LogP contribution in [0.3, 0.4) is 0 Å². The van der Waals surface area contributed by atoms with Gasteiger partial charge in [0.25, 0.3) is 0 Å². The van der Waals surface area contributed by atoms with Gasteiger partial charge in [0, 0.05) is 6.42 Å². The molecular formula is C15H20O4. The third-order valence-electron chi connectivity index (χ3n) is 4.05. The van der Waals surface area contributed by atoms with Gasteiger partial charge in [-0.2, -0.15) is 0 Å². The van der Waals surface area contributed by atoms with Gasteiger partial charge in [-0.05, 0) is 36.7 Å². The SMILES string of the molecule is O=C(O)CC1CCC(O)C1CC(O)c1ccccc1. The maximum absolute atomic E-state index is 10.8. The van der Waals surface area contributed by atoms with E-state index in [0.29, 0.717) is 12.8 Å². The summed E-state index contributed by atoms with van der Waals surface area (Å²) in [6, 6.07) is 9.29. The predicted molar refractivity (Wildman–Crippen MR) is 70.5 cm³/mol. The highest BCUT2D eigenvalue weighted by atomic mass is 16.4. The van der Waals surface area contributed by atoms with Crippen LogP contribution in [-0.4, -0.2) is 27.4 Å². The van der Waals surface area contributed by atoms with E-state index in [1.165, 1.54) is 0 Å². The molecule has 0 heterocycles. The van der Waals surface area contributed by atoms with E-state index in [9.17, 15) is 15.0 Å². The van der Waals surface area contributed by atoms with Gasteiger partial charge in [0.2, 0.25) is 0 Å². The van der Waals surface area contributed by atoms with Crippen molar-refractivity contribution in [1.82, 2.24) is 0 Å². The second-order valence-electron chi connectivity index (χ2n) is 5.33. The van der Waals surface area contributed by atoms with Gasteiger partial charge in [0.15, 0.2) is 0 Å². The minimum absolute atomic E-state index is 0.0362. The molecule has 0 aromatic heterocycles. The van der Waals surface area contributed by atoms with Crippen molar-refractivity contribution in [3.63, 3.8) is 0 Å². The Morgan fingerprint density at radius 3 is 2.58 bits per heavy atom. The van der Waals surface area contributed by atoms with Crippen LogP contribution in [-0.2, 0) is 4.79 Å². The molecule has 4 heteroatoms. The Kier molecular flexibility index (Phi) is 4.56. The third-order valence-corrected chi connectivity index (χ3v) is 4.05. The van der Waals surface area contributed by atoms with E-state index in [4.69, 9.17) is 5.11 Å². The molecule has 0 radical (unpaired) electrons. The van der Waals surface area contributed by atoms with E-state index in [1.54, 1.807) is 0 Å². The van der Waals surface area contributed by atoms with Gasteiger partial charge < -0.3 is 15.3 Å². The molecule has 0 amide bonds. The fraction of sp³-hybridized carbons (Fsp3) is 0.533. The molecule has 4 nitrogen and oxygen atoms in total. The number of aliphatic hydroxyl groups excluding tert-OH is 2. The van der Waals surface area contributed by atoms with E-state index in [-0.39, 0.29) is 18.3 Å². The summed E-state index contributed by atoms with van der Waals surface area (Å²) >= 11 is 0. The Morgan fingerprint density at radius 1 is 1.26 bits per heavy atom. The smallest absolute Gasteiger partial charge is 0.303 e. The number of carboxylic acid groups (broad SMARTS) is 1. The number of carboxylic acids is 1. The summed E-state index contributed by atoms with van der Waals surface area (Å²) in [5.41, 5.74) is 0.815. The predicted octanol–water partition coefficient (Wildman–Crippen LogP) is 1.97. The first-order valence-electron chi connectivity index (χ1n) is 6.70. The third kappa shape index (κ3) is 3.55. The van der Waals surface area contributed by atoms with E-state index < -0.39 is 18.2 Å². The van der Waals surface area contributed by atoms with Crippen LogP contribution in [0.2, 0.25) is 0 Å². The zero-order chi connectivity index (χ0) is 13.8. The summed E-state index contributed by atoms with van der Waals surface area (Å²) in [5, 5.41) is 29.0. The van der Waals surface area contributed by atoms with Gasteiger partial charge >= 0.3 is 5.97 Å². The minimum Gasteiger partial charge on any atom is -0.481 e. The van der Waals surface area contributed by atoms with Gasteiger partial charge in [0.05, 0.1) is 12.2 Å². The number of aliphatic carboxylic acids is 1. The van der Waals surface area contributed by atoms with Crippen molar-refractivity contribution in [2.24, 2.45) is 11.8 Å². The lowest BCUT2D eigenvalue weighted by atomic mass is 9.85. The lowest BCUT2D eigenvalue weighted by molar-refractivity contribution is -0.138. The topological polar surface area (TPSA) is 77.8 Å². The Hall–Kier alpha value is -1.39. The van der Waals surface area contributed by atoms with Crippen LogP contribution in [0, 0.1) is 11.8 Å². The molecule has 0 aliphatic heterocycles. The molecule has 2 rings (SSSR count). The molecule has 1 saturated carbocycles. The summed E-state index contributed by atoms with van der Waals surface area (Å²) in [7, 11) is 0. The molecule has 1 aromatic rings. The van der Waals surface area contributed by atoms with E-state index in [1.807, 2.05) is 30.3 Å². The van der Waals surface area contributed by atoms with Gasteiger partial charge in [-0.1, -0.05) is 30.3 Å². The molecule has 1 aliphatic carbocycles. The Morgan fingerprint density at radius 2 is 1.95 bits per heavy atom. The zero-order valence-electron chi connectivity index (χ0n) is 10.8. The van der Waals surface area contributed by atoms with E-state index in [0.717, 1.165) is 12.0 Å².